The van der Waals surface area contributed by atoms with E-state index in [-0.39, 0.29) is 22.2 Å². The molecule has 0 radical (unpaired) electrons. The van der Waals surface area contributed by atoms with Crippen molar-refractivity contribution in [3.05, 3.63) is 76.5 Å². The van der Waals surface area contributed by atoms with Gasteiger partial charge in [0.2, 0.25) is 5.90 Å². The fraction of sp³-hybridized carbons (Fsp3) is 0.333. The van der Waals surface area contributed by atoms with Gasteiger partial charge in [-0.15, -0.1) is 0 Å². The van der Waals surface area contributed by atoms with Crippen LogP contribution in [0.25, 0.3) is 6.08 Å². The van der Waals surface area contributed by atoms with Crippen molar-refractivity contribution in [3.8, 4) is 0 Å². The topological polar surface area (TPSA) is 47.9 Å². The fourth-order valence-corrected chi connectivity index (χ4v) is 3.74. The lowest BCUT2D eigenvalue weighted by molar-refractivity contribution is -0.137. The first-order valence-corrected chi connectivity index (χ1v) is 13.1. The van der Waals surface area contributed by atoms with E-state index in [0.717, 1.165) is 23.3 Å². The average molecular weight is 462 g/mol. The molecule has 2 aromatic rings. The summed E-state index contributed by atoms with van der Waals surface area (Å²) in [6.07, 6.45) is -2.92. The predicted octanol–water partition coefficient (Wildman–Crippen LogP) is 6.57. The molecule has 0 aliphatic carbocycles. The first-order valence-electron chi connectivity index (χ1n) is 10.2. The highest BCUT2D eigenvalue weighted by Crippen LogP contribution is 2.37. The van der Waals surface area contributed by atoms with Gasteiger partial charge in [0.25, 0.3) is 0 Å². The first kappa shape index (κ1) is 23.9. The Morgan fingerprint density at radius 1 is 1.06 bits per heavy atom. The summed E-state index contributed by atoms with van der Waals surface area (Å²) in [6.45, 7) is 11.2. The van der Waals surface area contributed by atoms with E-state index in [4.69, 9.17) is 9.16 Å². The number of esters is 1. The van der Waals surface area contributed by atoms with E-state index in [1.165, 1.54) is 12.1 Å². The van der Waals surface area contributed by atoms with Crippen molar-refractivity contribution >= 4 is 26.3 Å². The van der Waals surface area contributed by atoms with Gasteiger partial charge in [-0.2, -0.15) is 13.2 Å². The minimum atomic E-state index is -4.50. The molecule has 0 bridgehead atoms. The van der Waals surface area contributed by atoms with Crippen LogP contribution in [0, 0.1) is 0 Å². The molecule has 170 valence electrons. The van der Waals surface area contributed by atoms with Gasteiger partial charge in [-0.05, 0) is 53.5 Å². The number of carbonyl (C=O) groups is 1. The van der Waals surface area contributed by atoms with Gasteiger partial charge in [0.05, 0.1) is 12.2 Å². The highest BCUT2D eigenvalue weighted by molar-refractivity contribution is 6.74. The Morgan fingerprint density at radius 2 is 1.75 bits per heavy atom. The van der Waals surface area contributed by atoms with Crippen molar-refractivity contribution in [2.45, 2.75) is 51.7 Å². The number of benzene rings is 2. The standard InChI is InChI=1S/C24H26F3NO3Si/c1-23(2,3)32(4,5)30-15-18-10-7-6-9-16(18)14-20-22(29)31-21(28-20)17-11-8-12-19(13-17)24(25,26)27/h6-14H,15H2,1-5H3/b20-14+. The van der Waals surface area contributed by atoms with Gasteiger partial charge in [0.1, 0.15) is 0 Å². The third-order valence-corrected chi connectivity index (χ3v) is 10.3. The Balaban J connectivity index is 1.88. The van der Waals surface area contributed by atoms with E-state index < -0.39 is 26.0 Å². The van der Waals surface area contributed by atoms with Gasteiger partial charge in [0, 0.05) is 5.56 Å². The van der Waals surface area contributed by atoms with E-state index in [0.29, 0.717) is 6.61 Å². The monoisotopic (exact) mass is 461 g/mol. The number of cyclic esters (lactones) is 1. The molecular weight excluding hydrogens is 435 g/mol. The van der Waals surface area contributed by atoms with Crippen molar-refractivity contribution in [1.82, 2.24) is 0 Å². The predicted molar refractivity (Wildman–Crippen MR) is 120 cm³/mol. The molecule has 2 aromatic carbocycles. The minimum Gasteiger partial charge on any atom is -0.413 e. The maximum Gasteiger partial charge on any atom is 0.416 e. The molecule has 4 nitrogen and oxygen atoms in total. The van der Waals surface area contributed by atoms with E-state index >= 15 is 0 Å². The lowest BCUT2D eigenvalue weighted by atomic mass is 10.1. The summed E-state index contributed by atoms with van der Waals surface area (Å²) < 4.78 is 50.5. The molecule has 1 aliphatic heterocycles. The molecule has 0 spiro atoms. The second-order valence-corrected chi connectivity index (χ2v) is 14.0. The first-order chi connectivity index (χ1) is 14.8. The SMILES string of the molecule is CC(C)(C)[Si](C)(C)OCc1ccccc1/C=C1/N=C(c2cccc(C(F)(F)F)c2)OC1=O. The van der Waals surface area contributed by atoms with Crippen LogP contribution in [-0.2, 0) is 26.7 Å². The molecule has 0 saturated carbocycles. The van der Waals surface area contributed by atoms with E-state index in [1.54, 1.807) is 6.08 Å². The number of rotatable bonds is 5. The third-order valence-electron chi connectivity index (χ3n) is 5.80. The molecule has 0 amide bonds. The van der Waals surface area contributed by atoms with Crippen LogP contribution >= 0.6 is 0 Å². The molecule has 1 aliphatic rings. The van der Waals surface area contributed by atoms with Crippen molar-refractivity contribution in [2.75, 3.05) is 0 Å². The van der Waals surface area contributed by atoms with Gasteiger partial charge in [0.15, 0.2) is 14.0 Å². The van der Waals surface area contributed by atoms with E-state index in [9.17, 15) is 18.0 Å². The number of hydrogen-bond donors (Lipinski definition) is 0. The Hall–Kier alpha value is -2.71. The second kappa shape index (κ2) is 8.67. The normalized spacial score (nSPS) is 16.3. The highest BCUT2D eigenvalue weighted by atomic mass is 28.4. The summed E-state index contributed by atoms with van der Waals surface area (Å²) in [6, 6.07) is 12.0. The Kier molecular flexibility index (Phi) is 6.49. The van der Waals surface area contributed by atoms with Crippen molar-refractivity contribution in [3.63, 3.8) is 0 Å². The van der Waals surface area contributed by atoms with Crippen molar-refractivity contribution in [1.29, 1.82) is 0 Å². The van der Waals surface area contributed by atoms with Gasteiger partial charge in [-0.1, -0.05) is 51.1 Å². The van der Waals surface area contributed by atoms with Crippen LogP contribution in [0.2, 0.25) is 18.1 Å². The van der Waals surface area contributed by atoms with Crippen molar-refractivity contribution in [2.24, 2.45) is 4.99 Å². The summed E-state index contributed by atoms with van der Waals surface area (Å²) >= 11 is 0. The van der Waals surface area contributed by atoms with Crippen LogP contribution in [-0.4, -0.2) is 20.2 Å². The highest BCUT2D eigenvalue weighted by Gasteiger charge is 2.37. The second-order valence-electron chi connectivity index (χ2n) is 9.16. The summed E-state index contributed by atoms with van der Waals surface area (Å²) in [5, 5.41) is 0.0554. The molecule has 0 fully saturated rings. The Labute approximate surface area is 186 Å². The number of alkyl halides is 3. The van der Waals surface area contributed by atoms with Crippen LogP contribution < -0.4 is 0 Å². The average Bonchev–Trinajstić information content (AvgIpc) is 3.06. The molecule has 0 unspecified atom stereocenters. The van der Waals surface area contributed by atoms with Gasteiger partial charge in [-0.25, -0.2) is 9.79 Å². The summed E-state index contributed by atoms with van der Waals surface area (Å²) in [5.74, 6) is -0.861. The van der Waals surface area contributed by atoms with Crippen LogP contribution in [0.3, 0.4) is 0 Å². The summed E-state index contributed by atoms with van der Waals surface area (Å²) in [5.41, 5.74) is 0.912. The molecular formula is C24H26F3NO3Si. The third kappa shape index (κ3) is 5.36. The van der Waals surface area contributed by atoms with Crippen LogP contribution in [0.15, 0.2) is 59.2 Å². The van der Waals surface area contributed by atoms with Crippen molar-refractivity contribution < 1.29 is 27.1 Å². The molecule has 8 heteroatoms. The smallest absolute Gasteiger partial charge is 0.413 e. The lowest BCUT2D eigenvalue weighted by Crippen LogP contribution is -2.40. The number of ether oxygens (including phenoxy) is 1. The van der Waals surface area contributed by atoms with Gasteiger partial charge >= 0.3 is 12.1 Å². The zero-order valence-corrected chi connectivity index (χ0v) is 19.7. The van der Waals surface area contributed by atoms with Crippen LogP contribution in [0.5, 0.6) is 0 Å². The van der Waals surface area contributed by atoms with Gasteiger partial charge in [-0.3, -0.25) is 0 Å². The largest absolute Gasteiger partial charge is 0.416 e. The minimum absolute atomic E-state index is 0.0252. The fourth-order valence-electron chi connectivity index (χ4n) is 2.79. The van der Waals surface area contributed by atoms with Crippen LogP contribution in [0.4, 0.5) is 13.2 Å². The molecule has 0 atom stereocenters. The van der Waals surface area contributed by atoms with Gasteiger partial charge < -0.3 is 9.16 Å². The molecule has 0 N–H and O–H groups in total. The zero-order chi connectivity index (χ0) is 23.7. The molecule has 3 rings (SSSR count). The number of halogens is 3. The molecule has 32 heavy (non-hydrogen) atoms. The summed E-state index contributed by atoms with van der Waals surface area (Å²) in [7, 11) is -1.98. The zero-order valence-electron chi connectivity index (χ0n) is 18.7. The Morgan fingerprint density at radius 3 is 2.41 bits per heavy atom. The number of hydrogen-bond acceptors (Lipinski definition) is 4. The van der Waals surface area contributed by atoms with Crippen LogP contribution in [0.1, 0.15) is 43.0 Å². The quantitative estimate of drug-likeness (QED) is 0.287. The summed E-state index contributed by atoms with van der Waals surface area (Å²) in [4.78, 5) is 16.5. The molecule has 0 saturated heterocycles. The molecule has 1 heterocycles. The molecule has 0 aromatic heterocycles. The lowest BCUT2D eigenvalue weighted by Gasteiger charge is -2.36. The van der Waals surface area contributed by atoms with E-state index in [2.05, 4.69) is 38.9 Å². The number of nitrogens with zero attached hydrogens (tertiary/aromatic N) is 1. The maximum absolute atomic E-state index is 13.0. The number of aliphatic imine (C=N–C) groups is 1. The van der Waals surface area contributed by atoms with E-state index in [1.807, 2.05) is 24.3 Å². The maximum atomic E-state index is 13.0. The Bertz CT molecular complexity index is 1080. The number of carbonyl (C=O) groups excluding carboxylic acids is 1.